The number of aryl methyl sites for hydroxylation is 1. The number of nitrogens with zero attached hydrogens (tertiary/aromatic N) is 4. The molecule has 2 aromatic carbocycles. The monoisotopic (exact) mass is 595 g/mol. The molecular formula is C29H27ClFN5O2S2. The Morgan fingerprint density at radius 1 is 1.25 bits per heavy atom. The number of carbonyl (C=O) groups is 1. The standard InChI is InChI=1S/C29H27ClFN5O2S2/c1-35-11-2-3-19(35)6-8-34-28(38)26-27(37)20-14-21(31)24(39-12-7-18-16-32-9-10-33-18)15-23(20)36-22-5-4-17(30)13-25(22)40-29(26)36/h4-5,9-10,13-16,19H,2-3,6-8,11-12H2,1H3,(H,34,38). The summed E-state index contributed by atoms with van der Waals surface area (Å²) >= 11 is 8.98. The Hall–Kier alpha value is -3.05. The quantitative estimate of drug-likeness (QED) is 0.229. The third-order valence-corrected chi connectivity index (χ3v) is 9.84. The highest BCUT2D eigenvalue weighted by atomic mass is 35.5. The first kappa shape index (κ1) is 27.1. The predicted octanol–water partition coefficient (Wildman–Crippen LogP) is 5.80. The summed E-state index contributed by atoms with van der Waals surface area (Å²) in [5.41, 5.74) is 1.75. The minimum Gasteiger partial charge on any atom is -0.352 e. The van der Waals surface area contributed by atoms with Gasteiger partial charge in [0.25, 0.3) is 5.91 Å². The first-order chi connectivity index (χ1) is 19.4. The molecule has 1 aliphatic heterocycles. The van der Waals surface area contributed by atoms with Crippen LogP contribution in [0.25, 0.3) is 25.9 Å². The zero-order chi connectivity index (χ0) is 27.8. The maximum Gasteiger partial charge on any atom is 0.258 e. The van der Waals surface area contributed by atoms with Gasteiger partial charge in [0.1, 0.15) is 16.2 Å². The Morgan fingerprint density at radius 2 is 2.12 bits per heavy atom. The first-order valence-electron chi connectivity index (χ1n) is 13.2. The smallest absolute Gasteiger partial charge is 0.258 e. The molecule has 1 N–H and O–H groups in total. The molecule has 0 radical (unpaired) electrons. The number of rotatable bonds is 8. The number of hydrogen-bond acceptors (Lipinski definition) is 7. The fourth-order valence-corrected chi connectivity index (χ4v) is 7.77. The lowest BCUT2D eigenvalue weighted by molar-refractivity contribution is 0.0951. The topological polar surface area (TPSA) is 79.6 Å². The summed E-state index contributed by atoms with van der Waals surface area (Å²) in [6, 6.07) is 8.86. The number of carbonyl (C=O) groups excluding carboxylic acids is 1. The van der Waals surface area contributed by atoms with Gasteiger partial charge < -0.3 is 10.2 Å². The molecule has 0 aliphatic carbocycles. The molecule has 1 unspecified atom stereocenters. The van der Waals surface area contributed by atoms with Gasteiger partial charge in [-0.2, -0.15) is 0 Å². The van der Waals surface area contributed by atoms with Gasteiger partial charge in [-0.05, 0) is 63.2 Å². The van der Waals surface area contributed by atoms with Crippen LogP contribution in [0.3, 0.4) is 0 Å². The van der Waals surface area contributed by atoms with E-state index in [0.29, 0.717) is 45.0 Å². The molecule has 1 fully saturated rings. The number of nitrogens with one attached hydrogen (secondary N) is 1. The van der Waals surface area contributed by atoms with Crippen LogP contribution in [-0.2, 0) is 6.42 Å². The van der Waals surface area contributed by atoms with Gasteiger partial charge in [-0.3, -0.25) is 24.0 Å². The molecule has 3 aromatic heterocycles. The SMILES string of the molecule is CN1CCCC1CCNC(=O)c1c(=O)c2cc(F)c(SCCc3cnccn3)cc2n2c1sc1cc(Cl)ccc12. The van der Waals surface area contributed by atoms with Gasteiger partial charge >= 0.3 is 0 Å². The largest absolute Gasteiger partial charge is 0.352 e. The zero-order valence-electron chi connectivity index (χ0n) is 21.8. The molecule has 40 heavy (non-hydrogen) atoms. The minimum absolute atomic E-state index is 0.0343. The second kappa shape index (κ2) is 11.4. The van der Waals surface area contributed by atoms with Gasteiger partial charge in [0.2, 0.25) is 5.43 Å². The second-order valence-corrected chi connectivity index (χ2v) is 12.6. The van der Waals surface area contributed by atoms with Crippen LogP contribution in [0.4, 0.5) is 4.39 Å². The van der Waals surface area contributed by atoms with Crippen LogP contribution in [0.5, 0.6) is 0 Å². The van der Waals surface area contributed by atoms with Crippen molar-refractivity contribution in [2.24, 2.45) is 0 Å². The molecule has 1 amide bonds. The molecule has 0 spiro atoms. The fourth-order valence-electron chi connectivity index (χ4n) is 5.38. The Bertz CT molecular complexity index is 1790. The lowest BCUT2D eigenvalue weighted by Gasteiger charge is -2.19. The molecule has 7 nitrogen and oxygen atoms in total. The minimum atomic E-state index is -0.494. The summed E-state index contributed by atoms with van der Waals surface area (Å²) in [5, 5.41) is 3.69. The maximum atomic E-state index is 15.3. The van der Waals surface area contributed by atoms with Crippen LogP contribution < -0.4 is 10.7 Å². The molecule has 5 aromatic rings. The Labute approximate surface area is 243 Å². The highest BCUT2D eigenvalue weighted by molar-refractivity contribution is 7.99. The van der Waals surface area contributed by atoms with E-state index in [1.54, 1.807) is 30.7 Å². The molecule has 4 heterocycles. The average molecular weight is 596 g/mol. The summed E-state index contributed by atoms with van der Waals surface area (Å²) < 4.78 is 18.1. The predicted molar refractivity (Wildman–Crippen MR) is 161 cm³/mol. The highest BCUT2D eigenvalue weighted by Gasteiger charge is 2.25. The van der Waals surface area contributed by atoms with Gasteiger partial charge in [-0.15, -0.1) is 23.1 Å². The van der Waals surface area contributed by atoms with Crippen LogP contribution in [0.15, 0.2) is 58.6 Å². The second-order valence-electron chi connectivity index (χ2n) is 9.98. The van der Waals surface area contributed by atoms with E-state index in [0.717, 1.165) is 41.7 Å². The van der Waals surface area contributed by atoms with E-state index < -0.39 is 17.2 Å². The molecule has 206 valence electrons. The summed E-state index contributed by atoms with van der Waals surface area (Å²) in [4.78, 5) is 38.9. The van der Waals surface area contributed by atoms with Gasteiger partial charge in [0.15, 0.2) is 0 Å². The molecule has 1 aliphatic rings. The fraction of sp³-hybridized carbons (Fsp3) is 0.310. The Morgan fingerprint density at radius 3 is 2.90 bits per heavy atom. The summed E-state index contributed by atoms with van der Waals surface area (Å²) in [5.74, 6) is -0.340. The van der Waals surface area contributed by atoms with Crippen LogP contribution in [0.2, 0.25) is 5.02 Å². The average Bonchev–Trinajstić information content (AvgIpc) is 3.52. The third-order valence-electron chi connectivity index (χ3n) is 7.44. The lowest BCUT2D eigenvalue weighted by atomic mass is 10.1. The van der Waals surface area contributed by atoms with Crippen molar-refractivity contribution >= 4 is 66.6 Å². The number of halogens is 2. The number of hydrogen-bond donors (Lipinski definition) is 1. The normalized spacial score (nSPS) is 15.9. The number of benzene rings is 2. The van der Waals surface area contributed by atoms with Crippen molar-refractivity contribution in [2.75, 3.05) is 25.9 Å². The molecular weight excluding hydrogens is 569 g/mol. The maximum absolute atomic E-state index is 15.3. The van der Waals surface area contributed by atoms with Crippen molar-refractivity contribution in [3.63, 3.8) is 0 Å². The molecule has 1 saturated heterocycles. The number of thiazole rings is 1. The van der Waals surface area contributed by atoms with Gasteiger partial charge in [0, 0.05) is 58.7 Å². The molecule has 1 atom stereocenters. The van der Waals surface area contributed by atoms with Gasteiger partial charge in [0.05, 0.1) is 21.4 Å². The van der Waals surface area contributed by atoms with Gasteiger partial charge in [-0.1, -0.05) is 11.6 Å². The molecule has 11 heteroatoms. The number of likely N-dealkylation sites (tertiary alicyclic amines) is 1. The van der Waals surface area contributed by atoms with Crippen molar-refractivity contribution < 1.29 is 9.18 Å². The van der Waals surface area contributed by atoms with Crippen LogP contribution >= 0.6 is 34.7 Å². The van der Waals surface area contributed by atoms with E-state index in [-0.39, 0.29) is 10.9 Å². The van der Waals surface area contributed by atoms with E-state index in [9.17, 15) is 9.59 Å². The molecule has 6 rings (SSSR count). The Kier molecular flexibility index (Phi) is 7.76. The first-order valence-corrected chi connectivity index (χ1v) is 15.3. The van der Waals surface area contributed by atoms with E-state index in [1.807, 2.05) is 16.5 Å². The van der Waals surface area contributed by atoms with Crippen LogP contribution in [-0.4, -0.2) is 57.1 Å². The van der Waals surface area contributed by atoms with E-state index in [2.05, 4.69) is 27.2 Å². The van der Waals surface area contributed by atoms with Crippen LogP contribution in [0, 0.1) is 5.82 Å². The van der Waals surface area contributed by atoms with E-state index in [1.165, 1.54) is 29.2 Å². The zero-order valence-corrected chi connectivity index (χ0v) is 24.2. The molecule has 0 saturated carbocycles. The van der Waals surface area contributed by atoms with Crippen molar-refractivity contribution in [3.05, 3.63) is 81.2 Å². The number of thioether (sulfide) groups is 1. The van der Waals surface area contributed by atoms with E-state index in [4.69, 9.17) is 11.6 Å². The van der Waals surface area contributed by atoms with Crippen molar-refractivity contribution in [3.8, 4) is 0 Å². The number of aromatic nitrogens is 3. The number of pyridine rings is 1. The Balaban J connectivity index is 1.40. The lowest BCUT2D eigenvalue weighted by Crippen LogP contribution is -2.34. The summed E-state index contributed by atoms with van der Waals surface area (Å²) in [6.07, 6.45) is 8.63. The number of fused-ring (bicyclic) bond motifs is 5. The van der Waals surface area contributed by atoms with Crippen molar-refractivity contribution in [1.82, 2.24) is 24.6 Å². The van der Waals surface area contributed by atoms with Crippen LogP contribution in [0.1, 0.15) is 35.3 Å². The van der Waals surface area contributed by atoms with Crippen molar-refractivity contribution in [1.29, 1.82) is 0 Å². The third kappa shape index (κ3) is 5.21. The van der Waals surface area contributed by atoms with E-state index >= 15 is 4.39 Å². The highest BCUT2D eigenvalue weighted by Crippen LogP contribution is 2.35. The van der Waals surface area contributed by atoms with Gasteiger partial charge in [-0.25, -0.2) is 4.39 Å². The summed E-state index contributed by atoms with van der Waals surface area (Å²) in [7, 11) is 2.10. The van der Waals surface area contributed by atoms with Crippen molar-refractivity contribution in [2.45, 2.75) is 36.6 Å². The number of amides is 1. The summed E-state index contributed by atoms with van der Waals surface area (Å²) in [6.45, 7) is 1.52. The molecule has 0 bridgehead atoms.